The third-order valence-electron chi connectivity index (χ3n) is 4.62. The number of nitrogens with zero attached hydrogens (tertiary/aromatic N) is 3. The maximum atomic E-state index is 13.0. The molecule has 0 aromatic carbocycles. The van der Waals surface area contributed by atoms with Crippen molar-refractivity contribution in [3.8, 4) is 11.5 Å². The zero-order chi connectivity index (χ0) is 19.3. The number of hydrogen-bond donors (Lipinski definition) is 1. The lowest BCUT2D eigenvalue weighted by molar-refractivity contribution is 0.0975. The van der Waals surface area contributed by atoms with Crippen LogP contribution in [0, 0.1) is 6.92 Å². The SMILES string of the molecule is Cc1noc2nc(-c3ccco3)cc(C(=O)Nc3nc4c(s3)C(=O)CCC4)c12. The van der Waals surface area contributed by atoms with Crippen molar-refractivity contribution in [3.05, 3.63) is 46.3 Å². The highest BCUT2D eigenvalue weighted by molar-refractivity contribution is 7.17. The van der Waals surface area contributed by atoms with Gasteiger partial charge in [0.05, 0.1) is 33.5 Å². The van der Waals surface area contributed by atoms with Crippen LogP contribution < -0.4 is 5.32 Å². The Hall–Kier alpha value is -3.33. The number of nitrogens with one attached hydrogen (secondary N) is 1. The van der Waals surface area contributed by atoms with Crippen molar-refractivity contribution < 1.29 is 18.5 Å². The van der Waals surface area contributed by atoms with Gasteiger partial charge in [0.1, 0.15) is 5.69 Å². The average molecular weight is 394 g/mol. The molecule has 4 aromatic rings. The number of fused-ring (bicyclic) bond motifs is 2. The lowest BCUT2D eigenvalue weighted by Gasteiger charge is -2.06. The Labute approximate surface area is 162 Å². The number of ketones is 1. The molecule has 4 aromatic heterocycles. The Morgan fingerprint density at radius 2 is 2.18 bits per heavy atom. The van der Waals surface area contributed by atoms with Crippen molar-refractivity contribution in [3.63, 3.8) is 0 Å². The molecule has 0 saturated carbocycles. The van der Waals surface area contributed by atoms with E-state index in [-0.39, 0.29) is 17.4 Å². The van der Waals surface area contributed by atoms with Gasteiger partial charge in [0.15, 0.2) is 16.7 Å². The van der Waals surface area contributed by atoms with E-state index in [0.29, 0.717) is 44.5 Å². The molecule has 0 atom stereocenters. The summed E-state index contributed by atoms with van der Waals surface area (Å²) in [6.07, 6.45) is 3.60. The first kappa shape index (κ1) is 16.8. The van der Waals surface area contributed by atoms with Gasteiger partial charge in [-0.2, -0.15) is 0 Å². The number of anilines is 1. The molecule has 0 aliphatic heterocycles. The van der Waals surface area contributed by atoms with Gasteiger partial charge in [-0.15, -0.1) is 0 Å². The average Bonchev–Trinajstić information content (AvgIpc) is 3.41. The predicted molar refractivity (Wildman–Crippen MR) is 102 cm³/mol. The van der Waals surface area contributed by atoms with Gasteiger partial charge in [-0.3, -0.25) is 14.9 Å². The molecule has 0 radical (unpaired) electrons. The van der Waals surface area contributed by atoms with Crippen molar-refractivity contribution in [2.75, 3.05) is 5.32 Å². The largest absolute Gasteiger partial charge is 0.463 e. The first-order valence-corrected chi connectivity index (χ1v) is 9.57. The predicted octanol–water partition coefficient (Wildman–Crippen LogP) is 4.02. The summed E-state index contributed by atoms with van der Waals surface area (Å²) in [6, 6.07) is 5.13. The molecule has 8 nitrogen and oxygen atoms in total. The van der Waals surface area contributed by atoms with Crippen molar-refractivity contribution in [1.82, 2.24) is 15.1 Å². The second-order valence-electron chi connectivity index (χ2n) is 6.51. The third kappa shape index (κ3) is 2.71. The second kappa shape index (κ2) is 6.38. The van der Waals surface area contributed by atoms with Crippen LogP contribution in [0.2, 0.25) is 0 Å². The number of carbonyl (C=O) groups is 2. The van der Waals surface area contributed by atoms with E-state index in [1.165, 1.54) is 17.6 Å². The summed E-state index contributed by atoms with van der Waals surface area (Å²) in [5.41, 5.74) is 2.40. The van der Waals surface area contributed by atoms with E-state index < -0.39 is 0 Å². The van der Waals surface area contributed by atoms with E-state index in [2.05, 4.69) is 20.4 Å². The summed E-state index contributed by atoms with van der Waals surface area (Å²) in [6.45, 7) is 1.75. The van der Waals surface area contributed by atoms with E-state index in [9.17, 15) is 9.59 Å². The lowest BCUT2D eigenvalue weighted by Crippen LogP contribution is -2.13. The lowest BCUT2D eigenvalue weighted by atomic mass is 10.0. The van der Waals surface area contributed by atoms with Crippen molar-refractivity contribution in [2.45, 2.75) is 26.2 Å². The molecule has 0 saturated heterocycles. The zero-order valence-electron chi connectivity index (χ0n) is 14.8. The van der Waals surface area contributed by atoms with Crippen LogP contribution in [0.1, 0.15) is 44.3 Å². The van der Waals surface area contributed by atoms with Gasteiger partial charge in [0.25, 0.3) is 11.6 Å². The van der Waals surface area contributed by atoms with Crippen LogP contribution >= 0.6 is 11.3 Å². The number of thiazole rings is 1. The van der Waals surface area contributed by atoms with Crippen LogP contribution in [0.3, 0.4) is 0 Å². The molecule has 0 fully saturated rings. The summed E-state index contributed by atoms with van der Waals surface area (Å²) >= 11 is 1.21. The van der Waals surface area contributed by atoms with Gasteiger partial charge in [0.2, 0.25) is 0 Å². The van der Waals surface area contributed by atoms with Gasteiger partial charge in [-0.25, -0.2) is 9.97 Å². The Morgan fingerprint density at radius 3 is 2.96 bits per heavy atom. The molecule has 5 rings (SSSR count). The molecule has 1 N–H and O–H groups in total. The minimum atomic E-state index is -0.370. The molecule has 28 heavy (non-hydrogen) atoms. The Balaban J connectivity index is 1.55. The molecule has 4 heterocycles. The highest BCUT2D eigenvalue weighted by atomic mass is 32.1. The molecule has 1 amide bonds. The van der Waals surface area contributed by atoms with E-state index in [0.717, 1.165) is 18.5 Å². The fourth-order valence-electron chi connectivity index (χ4n) is 3.31. The molecule has 0 unspecified atom stereocenters. The van der Waals surface area contributed by atoms with Crippen LogP contribution in [0.4, 0.5) is 5.13 Å². The van der Waals surface area contributed by atoms with Crippen molar-refractivity contribution >= 4 is 39.3 Å². The van der Waals surface area contributed by atoms with Gasteiger partial charge >= 0.3 is 0 Å². The number of amides is 1. The fraction of sp³-hybridized carbons (Fsp3) is 0.211. The van der Waals surface area contributed by atoms with Gasteiger partial charge in [-0.05, 0) is 38.0 Å². The number of furan rings is 1. The van der Waals surface area contributed by atoms with Gasteiger partial charge < -0.3 is 8.94 Å². The number of pyridine rings is 1. The number of rotatable bonds is 3. The Morgan fingerprint density at radius 1 is 1.29 bits per heavy atom. The number of hydrogen-bond acceptors (Lipinski definition) is 8. The standard InChI is InChI=1S/C19H14N4O4S/c1-9-15-10(8-12(14-6-3-7-26-14)20-18(15)27-23-9)17(25)22-19-21-11-4-2-5-13(24)16(11)28-19/h3,6-8H,2,4-5H2,1H3,(H,21,22,25). The first-order valence-electron chi connectivity index (χ1n) is 8.75. The minimum absolute atomic E-state index is 0.0838. The fourth-order valence-corrected chi connectivity index (χ4v) is 4.29. The van der Waals surface area contributed by atoms with Crippen LogP contribution in [-0.2, 0) is 6.42 Å². The van der Waals surface area contributed by atoms with Crippen LogP contribution in [-0.4, -0.2) is 26.8 Å². The number of aryl methyl sites for hydroxylation is 2. The molecule has 1 aliphatic carbocycles. The monoisotopic (exact) mass is 394 g/mol. The number of carbonyl (C=O) groups excluding carboxylic acids is 2. The minimum Gasteiger partial charge on any atom is -0.463 e. The third-order valence-corrected chi connectivity index (χ3v) is 5.68. The molecule has 0 bridgehead atoms. The second-order valence-corrected chi connectivity index (χ2v) is 7.51. The van der Waals surface area contributed by atoms with E-state index in [4.69, 9.17) is 8.94 Å². The number of Topliss-reactive ketones (excluding diaryl/α,β-unsaturated/α-hetero) is 1. The topological polar surface area (TPSA) is 111 Å². The Kier molecular flexibility index (Phi) is 3.83. The quantitative estimate of drug-likeness (QED) is 0.558. The highest BCUT2D eigenvalue weighted by Gasteiger charge is 2.25. The molecular weight excluding hydrogens is 380 g/mol. The van der Waals surface area contributed by atoms with E-state index >= 15 is 0 Å². The Bertz CT molecular complexity index is 1220. The maximum Gasteiger partial charge on any atom is 0.259 e. The van der Waals surface area contributed by atoms with E-state index in [1.54, 1.807) is 25.1 Å². The van der Waals surface area contributed by atoms with Gasteiger partial charge in [-0.1, -0.05) is 16.5 Å². The molecule has 1 aliphatic rings. The van der Waals surface area contributed by atoms with Crippen molar-refractivity contribution in [2.24, 2.45) is 0 Å². The molecule has 140 valence electrons. The smallest absolute Gasteiger partial charge is 0.259 e. The molecular formula is C19H14N4O4S. The van der Waals surface area contributed by atoms with E-state index in [1.807, 2.05) is 0 Å². The first-order chi connectivity index (χ1) is 13.6. The van der Waals surface area contributed by atoms with Gasteiger partial charge in [0, 0.05) is 6.42 Å². The summed E-state index contributed by atoms with van der Waals surface area (Å²) in [4.78, 5) is 34.5. The zero-order valence-corrected chi connectivity index (χ0v) is 15.6. The maximum absolute atomic E-state index is 13.0. The number of aromatic nitrogens is 3. The van der Waals surface area contributed by atoms with Crippen LogP contribution in [0.15, 0.2) is 33.4 Å². The molecule has 0 spiro atoms. The van der Waals surface area contributed by atoms with Crippen LogP contribution in [0.25, 0.3) is 22.6 Å². The van der Waals surface area contributed by atoms with Crippen LogP contribution in [0.5, 0.6) is 0 Å². The summed E-state index contributed by atoms with van der Waals surface area (Å²) in [7, 11) is 0. The summed E-state index contributed by atoms with van der Waals surface area (Å²) in [5.74, 6) is 0.228. The summed E-state index contributed by atoms with van der Waals surface area (Å²) < 4.78 is 10.7. The molecule has 9 heteroatoms. The van der Waals surface area contributed by atoms with Crippen molar-refractivity contribution in [1.29, 1.82) is 0 Å². The highest BCUT2D eigenvalue weighted by Crippen LogP contribution is 2.31. The normalized spacial score (nSPS) is 13.7. The summed E-state index contributed by atoms with van der Waals surface area (Å²) in [5, 5.41) is 7.67.